The van der Waals surface area contributed by atoms with Crippen LogP contribution in [0.2, 0.25) is 0 Å². The Kier molecular flexibility index (Phi) is 2.91. The Bertz CT molecular complexity index is 349. The van der Waals surface area contributed by atoms with Gasteiger partial charge in [0.1, 0.15) is 5.82 Å². The van der Waals surface area contributed by atoms with E-state index >= 15 is 0 Å². The van der Waals surface area contributed by atoms with Crippen molar-refractivity contribution in [2.75, 3.05) is 11.4 Å². The van der Waals surface area contributed by atoms with Gasteiger partial charge >= 0.3 is 0 Å². The Morgan fingerprint density at radius 1 is 1.40 bits per heavy atom. The van der Waals surface area contributed by atoms with Crippen LogP contribution >= 0.6 is 0 Å². The van der Waals surface area contributed by atoms with Crippen LogP contribution in [-0.2, 0) is 6.61 Å². The Morgan fingerprint density at radius 3 is 2.67 bits per heavy atom. The first-order chi connectivity index (χ1) is 7.24. The van der Waals surface area contributed by atoms with E-state index in [0.29, 0.717) is 11.6 Å². The Balaban J connectivity index is 2.28. The monoisotopic (exact) mass is 209 g/mol. The van der Waals surface area contributed by atoms with Crippen LogP contribution in [0.1, 0.15) is 25.3 Å². The molecule has 1 saturated carbocycles. The molecule has 0 heterocycles. The van der Waals surface area contributed by atoms with E-state index in [4.69, 9.17) is 5.11 Å². The third-order valence-electron chi connectivity index (χ3n) is 2.78. The molecule has 0 amide bonds. The number of anilines is 1. The molecule has 0 aromatic heterocycles. The highest BCUT2D eigenvalue weighted by molar-refractivity contribution is 5.50. The summed E-state index contributed by atoms with van der Waals surface area (Å²) in [6.45, 7) is 2.85. The molecule has 1 fully saturated rings. The minimum absolute atomic E-state index is 0.104. The first-order valence-corrected chi connectivity index (χ1v) is 5.41. The van der Waals surface area contributed by atoms with Crippen LogP contribution < -0.4 is 4.90 Å². The first-order valence-electron chi connectivity index (χ1n) is 5.41. The zero-order chi connectivity index (χ0) is 10.8. The largest absolute Gasteiger partial charge is 0.392 e. The lowest BCUT2D eigenvalue weighted by Gasteiger charge is -2.23. The molecular weight excluding hydrogens is 193 g/mol. The number of halogens is 1. The normalized spacial score (nSPS) is 15.4. The lowest BCUT2D eigenvalue weighted by atomic mass is 10.2. The summed E-state index contributed by atoms with van der Waals surface area (Å²) in [5.41, 5.74) is 1.54. The number of benzene rings is 1. The number of aliphatic hydroxyl groups excluding tert-OH is 1. The SMILES string of the molecule is CCN(c1cc(F)cc(CO)c1)C1CC1. The molecule has 3 heteroatoms. The van der Waals surface area contributed by atoms with Crippen LogP contribution in [0.25, 0.3) is 0 Å². The zero-order valence-corrected chi connectivity index (χ0v) is 8.91. The summed E-state index contributed by atoms with van der Waals surface area (Å²) in [7, 11) is 0. The smallest absolute Gasteiger partial charge is 0.125 e. The van der Waals surface area contributed by atoms with E-state index in [1.54, 1.807) is 6.07 Å². The second-order valence-corrected chi connectivity index (χ2v) is 3.99. The fraction of sp³-hybridized carbons (Fsp3) is 0.500. The standard InChI is InChI=1S/C12H16FNO/c1-2-14(11-3-4-11)12-6-9(8-15)5-10(13)7-12/h5-7,11,15H,2-4,8H2,1H3. The Hall–Kier alpha value is -1.09. The number of rotatable bonds is 4. The fourth-order valence-electron chi connectivity index (χ4n) is 1.93. The molecular formula is C12H16FNO. The predicted octanol–water partition coefficient (Wildman–Crippen LogP) is 2.31. The quantitative estimate of drug-likeness (QED) is 0.822. The minimum atomic E-state index is -0.268. The van der Waals surface area contributed by atoms with Gasteiger partial charge in [-0.1, -0.05) is 0 Å². The average molecular weight is 209 g/mol. The summed E-state index contributed by atoms with van der Waals surface area (Å²) < 4.78 is 13.3. The fourth-order valence-corrected chi connectivity index (χ4v) is 1.93. The van der Waals surface area contributed by atoms with Crippen molar-refractivity contribution in [2.45, 2.75) is 32.4 Å². The van der Waals surface area contributed by atoms with Gasteiger partial charge in [0.05, 0.1) is 6.61 Å². The topological polar surface area (TPSA) is 23.5 Å². The van der Waals surface area contributed by atoms with Crippen molar-refractivity contribution in [1.29, 1.82) is 0 Å². The van der Waals surface area contributed by atoms with Crippen molar-refractivity contribution < 1.29 is 9.50 Å². The van der Waals surface area contributed by atoms with E-state index in [1.165, 1.54) is 18.9 Å². The number of nitrogens with zero attached hydrogens (tertiary/aromatic N) is 1. The third-order valence-corrected chi connectivity index (χ3v) is 2.78. The highest BCUT2D eigenvalue weighted by atomic mass is 19.1. The van der Waals surface area contributed by atoms with Gasteiger partial charge in [-0.25, -0.2) is 4.39 Å². The molecule has 0 bridgehead atoms. The lowest BCUT2D eigenvalue weighted by molar-refractivity contribution is 0.281. The summed E-state index contributed by atoms with van der Waals surface area (Å²) in [4.78, 5) is 2.20. The zero-order valence-electron chi connectivity index (χ0n) is 8.91. The van der Waals surface area contributed by atoms with E-state index in [1.807, 2.05) is 6.07 Å². The van der Waals surface area contributed by atoms with Crippen molar-refractivity contribution in [3.8, 4) is 0 Å². The molecule has 1 N–H and O–H groups in total. The van der Waals surface area contributed by atoms with Crippen molar-refractivity contribution >= 4 is 5.69 Å². The summed E-state index contributed by atoms with van der Waals surface area (Å²) in [5, 5.41) is 9.01. The number of hydrogen-bond donors (Lipinski definition) is 1. The molecule has 0 aliphatic heterocycles. The van der Waals surface area contributed by atoms with Gasteiger partial charge in [0.2, 0.25) is 0 Å². The van der Waals surface area contributed by atoms with Gasteiger partial charge in [-0.05, 0) is 43.5 Å². The third kappa shape index (κ3) is 2.29. The Labute approximate surface area is 89.3 Å². The molecule has 0 spiro atoms. The van der Waals surface area contributed by atoms with E-state index in [-0.39, 0.29) is 12.4 Å². The second kappa shape index (κ2) is 4.19. The molecule has 2 rings (SSSR count). The molecule has 0 unspecified atom stereocenters. The van der Waals surface area contributed by atoms with Crippen molar-refractivity contribution in [1.82, 2.24) is 0 Å². The molecule has 1 aliphatic rings. The predicted molar refractivity (Wildman–Crippen MR) is 58.4 cm³/mol. The van der Waals surface area contributed by atoms with Crippen LogP contribution in [0.15, 0.2) is 18.2 Å². The van der Waals surface area contributed by atoms with Crippen molar-refractivity contribution in [3.05, 3.63) is 29.6 Å². The molecule has 82 valence electrons. The first kappa shape index (κ1) is 10.4. The van der Waals surface area contributed by atoms with Gasteiger partial charge in [-0.15, -0.1) is 0 Å². The van der Waals surface area contributed by atoms with Gasteiger partial charge in [0, 0.05) is 18.3 Å². The van der Waals surface area contributed by atoms with Crippen LogP contribution in [0, 0.1) is 5.82 Å². The number of hydrogen-bond acceptors (Lipinski definition) is 2. The summed E-state index contributed by atoms with van der Waals surface area (Å²) >= 11 is 0. The maximum Gasteiger partial charge on any atom is 0.125 e. The van der Waals surface area contributed by atoms with Crippen LogP contribution in [0.5, 0.6) is 0 Å². The van der Waals surface area contributed by atoms with Crippen molar-refractivity contribution in [3.63, 3.8) is 0 Å². The van der Waals surface area contributed by atoms with E-state index in [2.05, 4.69) is 11.8 Å². The molecule has 1 aromatic rings. The molecule has 0 saturated heterocycles. The maximum atomic E-state index is 13.3. The minimum Gasteiger partial charge on any atom is -0.392 e. The van der Waals surface area contributed by atoms with Gasteiger partial charge in [0.15, 0.2) is 0 Å². The van der Waals surface area contributed by atoms with Crippen LogP contribution in [-0.4, -0.2) is 17.7 Å². The molecule has 1 aromatic carbocycles. The van der Waals surface area contributed by atoms with Gasteiger partial charge in [-0.2, -0.15) is 0 Å². The molecule has 2 nitrogen and oxygen atoms in total. The van der Waals surface area contributed by atoms with Gasteiger partial charge < -0.3 is 10.0 Å². The van der Waals surface area contributed by atoms with Crippen molar-refractivity contribution in [2.24, 2.45) is 0 Å². The maximum absolute atomic E-state index is 13.3. The van der Waals surface area contributed by atoms with Gasteiger partial charge in [-0.3, -0.25) is 0 Å². The summed E-state index contributed by atoms with van der Waals surface area (Å²) in [6.07, 6.45) is 2.39. The van der Waals surface area contributed by atoms with Gasteiger partial charge in [0.25, 0.3) is 0 Å². The summed E-state index contributed by atoms with van der Waals surface area (Å²) in [5.74, 6) is -0.268. The average Bonchev–Trinajstić information content (AvgIpc) is 3.02. The number of aliphatic hydroxyl groups is 1. The second-order valence-electron chi connectivity index (χ2n) is 3.99. The molecule has 0 radical (unpaired) electrons. The highest BCUT2D eigenvalue weighted by Gasteiger charge is 2.28. The molecule has 1 aliphatic carbocycles. The van der Waals surface area contributed by atoms with E-state index in [0.717, 1.165) is 12.2 Å². The van der Waals surface area contributed by atoms with Crippen LogP contribution in [0.3, 0.4) is 0 Å². The molecule has 15 heavy (non-hydrogen) atoms. The Morgan fingerprint density at radius 2 is 2.13 bits per heavy atom. The molecule has 0 atom stereocenters. The summed E-state index contributed by atoms with van der Waals surface area (Å²) in [6, 6.07) is 5.36. The van der Waals surface area contributed by atoms with E-state index < -0.39 is 0 Å². The highest BCUT2D eigenvalue weighted by Crippen LogP contribution is 2.32. The lowest BCUT2D eigenvalue weighted by Crippen LogP contribution is -2.25. The van der Waals surface area contributed by atoms with Crippen LogP contribution in [0.4, 0.5) is 10.1 Å². The van der Waals surface area contributed by atoms with E-state index in [9.17, 15) is 4.39 Å².